The summed E-state index contributed by atoms with van der Waals surface area (Å²) in [5.41, 5.74) is 0. The average molecular weight is 333 g/mol. The number of carbonyl (C=O) groups excluding carboxylic acids is 1. The number of rotatable bonds is 4. The van der Waals surface area contributed by atoms with Gasteiger partial charge in [0, 0.05) is 44.5 Å². The lowest BCUT2D eigenvalue weighted by Crippen LogP contribution is -2.45. The Bertz CT molecular complexity index is 548. The molecule has 132 valence electrons. The number of hydrogen-bond acceptors (Lipinski definition) is 5. The van der Waals surface area contributed by atoms with Gasteiger partial charge in [-0.2, -0.15) is 4.98 Å². The monoisotopic (exact) mass is 333 g/mol. The van der Waals surface area contributed by atoms with E-state index < -0.39 is 0 Å². The highest BCUT2D eigenvalue weighted by atomic mass is 16.5. The first-order valence-corrected chi connectivity index (χ1v) is 9.02. The van der Waals surface area contributed by atoms with E-state index in [4.69, 9.17) is 4.74 Å². The van der Waals surface area contributed by atoms with Gasteiger partial charge in [0.05, 0.1) is 6.61 Å². The van der Waals surface area contributed by atoms with Crippen molar-refractivity contribution in [3.8, 4) is 5.88 Å². The van der Waals surface area contributed by atoms with Gasteiger partial charge in [0.15, 0.2) is 0 Å². The third-order valence-corrected chi connectivity index (χ3v) is 4.66. The summed E-state index contributed by atoms with van der Waals surface area (Å²) in [6.45, 7) is 5.59. The van der Waals surface area contributed by atoms with Crippen LogP contribution in [-0.4, -0.2) is 59.7 Å². The van der Waals surface area contributed by atoms with Gasteiger partial charge in [-0.1, -0.05) is 12.8 Å². The molecule has 1 aromatic heterocycles. The number of amides is 2. The lowest BCUT2D eigenvalue weighted by molar-refractivity contribution is 0.197. The zero-order chi connectivity index (χ0) is 16.8. The van der Waals surface area contributed by atoms with E-state index in [1.165, 1.54) is 12.8 Å². The molecule has 7 heteroatoms. The SMILES string of the molecule is CCOc1ccnc(N2CCCN(C(=O)NC3CCCC3)CC2)n1. The predicted molar refractivity (Wildman–Crippen MR) is 92.4 cm³/mol. The van der Waals surface area contributed by atoms with Crippen LogP contribution in [-0.2, 0) is 0 Å². The molecular formula is C17H27N5O2. The summed E-state index contributed by atoms with van der Waals surface area (Å²) in [6.07, 6.45) is 7.33. The highest BCUT2D eigenvalue weighted by molar-refractivity contribution is 5.74. The number of ether oxygens (including phenoxy) is 1. The minimum Gasteiger partial charge on any atom is -0.478 e. The summed E-state index contributed by atoms with van der Waals surface area (Å²) in [5.74, 6) is 1.28. The van der Waals surface area contributed by atoms with Crippen LogP contribution in [0.3, 0.4) is 0 Å². The van der Waals surface area contributed by atoms with E-state index >= 15 is 0 Å². The Balaban J connectivity index is 1.56. The maximum absolute atomic E-state index is 12.4. The summed E-state index contributed by atoms with van der Waals surface area (Å²) >= 11 is 0. The number of aromatic nitrogens is 2. The summed E-state index contributed by atoms with van der Waals surface area (Å²) in [4.78, 5) is 25.3. The molecule has 2 amide bonds. The topological polar surface area (TPSA) is 70.6 Å². The molecule has 1 saturated carbocycles. The summed E-state index contributed by atoms with van der Waals surface area (Å²) in [5, 5.41) is 3.17. The van der Waals surface area contributed by atoms with Gasteiger partial charge in [0.25, 0.3) is 0 Å². The third-order valence-electron chi connectivity index (χ3n) is 4.66. The van der Waals surface area contributed by atoms with Crippen molar-refractivity contribution < 1.29 is 9.53 Å². The molecule has 2 aliphatic rings. The molecule has 0 bridgehead atoms. The molecule has 0 aromatic carbocycles. The third kappa shape index (κ3) is 4.27. The van der Waals surface area contributed by atoms with Crippen LogP contribution in [0.5, 0.6) is 5.88 Å². The predicted octanol–water partition coefficient (Wildman–Crippen LogP) is 2.04. The van der Waals surface area contributed by atoms with Crippen molar-refractivity contribution in [2.45, 2.75) is 45.1 Å². The first-order chi connectivity index (χ1) is 11.8. The van der Waals surface area contributed by atoms with Crippen molar-refractivity contribution in [2.75, 3.05) is 37.7 Å². The number of anilines is 1. The van der Waals surface area contributed by atoms with Gasteiger partial charge >= 0.3 is 6.03 Å². The molecule has 24 heavy (non-hydrogen) atoms. The van der Waals surface area contributed by atoms with Crippen molar-refractivity contribution in [1.82, 2.24) is 20.2 Å². The molecule has 0 radical (unpaired) electrons. The number of hydrogen-bond donors (Lipinski definition) is 1. The van der Waals surface area contributed by atoms with Crippen LogP contribution >= 0.6 is 0 Å². The zero-order valence-electron chi connectivity index (χ0n) is 14.4. The van der Waals surface area contributed by atoms with Crippen LogP contribution in [0.15, 0.2) is 12.3 Å². The zero-order valence-corrected chi connectivity index (χ0v) is 14.4. The Hall–Kier alpha value is -2.05. The van der Waals surface area contributed by atoms with Crippen molar-refractivity contribution in [3.05, 3.63) is 12.3 Å². The molecule has 3 rings (SSSR count). The van der Waals surface area contributed by atoms with Crippen LogP contribution < -0.4 is 15.0 Å². The molecule has 1 aliphatic carbocycles. The molecule has 1 aliphatic heterocycles. The number of urea groups is 1. The van der Waals surface area contributed by atoms with Crippen LogP contribution in [0.4, 0.5) is 10.7 Å². The summed E-state index contributed by atoms with van der Waals surface area (Å²) < 4.78 is 5.45. The van der Waals surface area contributed by atoms with Crippen molar-refractivity contribution in [2.24, 2.45) is 0 Å². The number of carbonyl (C=O) groups is 1. The second-order valence-corrected chi connectivity index (χ2v) is 6.39. The Labute approximate surface area is 143 Å². The van der Waals surface area contributed by atoms with Gasteiger partial charge < -0.3 is 19.9 Å². The average Bonchev–Trinajstić information content (AvgIpc) is 2.96. The maximum Gasteiger partial charge on any atom is 0.317 e. The quantitative estimate of drug-likeness (QED) is 0.913. The maximum atomic E-state index is 12.4. The lowest BCUT2D eigenvalue weighted by atomic mass is 10.2. The van der Waals surface area contributed by atoms with E-state index in [-0.39, 0.29) is 6.03 Å². The Kier molecular flexibility index (Phi) is 5.72. The molecule has 1 aromatic rings. The standard InChI is InChI=1S/C17H27N5O2/c1-2-24-15-8-9-18-16(20-15)21-10-5-11-22(13-12-21)17(23)19-14-6-3-4-7-14/h8-9,14H,2-7,10-13H2,1H3,(H,19,23). The minimum absolute atomic E-state index is 0.0766. The largest absolute Gasteiger partial charge is 0.478 e. The molecule has 2 fully saturated rings. The molecule has 1 saturated heterocycles. The normalized spacial score (nSPS) is 19.2. The van der Waals surface area contributed by atoms with Gasteiger partial charge in [0.1, 0.15) is 0 Å². The molecular weight excluding hydrogens is 306 g/mol. The Morgan fingerprint density at radius 2 is 2.08 bits per heavy atom. The second-order valence-electron chi connectivity index (χ2n) is 6.39. The molecule has 2 heterocycles. The van der Waals surface area contributed by atoms with E-state index in [2.05, 4.69) is 20.2 Å². The van der Waals surface area contributed by atoms with Gasteiger partial charge in [-0.3, -0.25) is 0 Å². The van der Waals surface area contributed by atoms with Gasteiger partial charge in [-0.25, -0.2) is 9.78 Å². The highest BCUT2D eigenvalue weighted by Crippen LogP contribution is 2.19. The van der Waals surface area contributed by atoms with Gasteiger partial charge in [-0.15, -0.1) is 0 Å². The van der Waals surface area contributed by atoms with Crippen molar-refractivity contribution in [1.29, 1.82) is 0 Å². The highest BCUT2D eigenvalue weighted by Gasteiger charge is 2.23. The van der Waals surface area contributed by atoms with E-state index in [1.54, 1.807) is 12.3 Å². The van der Waals surface area contributed by atoms with E-state index in [0.29, 0.717) is 31.0 Å². The molecule has 0 atom stereocenters. The minimum atomic E-state index is 0.0766. The van der Waals surface area contributed by atoms with Crippen LogP contribution in [0.25, 0.3) is 0 Å². The van der Waals surface area contributed by atoms with E-state index in [9.17, 15) is 4.79 Å². The number of nitrogens with one attached hydrogen (secondary N) is 1. The van der Waals surface area contributed by atoms with E-state index in [1.807, 2.05) is 11.8 Å². The molecule has 0 unspecified atom stereocenters. The first-order valence-electron chi connectivity index (χ1n) is 9.02. The fourth-order valence-electron chi connectivity index (χ4n) is 3.37. The van der Waals surface area contributed by atoms with Crippen LogP contribution in [0.2, 0.25) is 0 Å². The molecule has 1 N–H and O–H groups in total. The first kappa shape index (κ1) is 16.8. The molecule has 7 nitrogen and oxygen atoms in total. The van der Waals surface area contributed by atoms with Crippen molar-refractivity contribution >= 4 is 12.0 Å². The van der Waals surface area contributed by atoms with E-state index in [0.717, 1.165) is 38.9 Å². The van der Waals surface area contributed by atoms with Gasteiger partial charge in [0.2, 0.25) is 11.8 Å². The van der Waals surface area contributed by atoms with Crippen LogP contribution in [0.1, 0.15) is 39.0 Å². The van der Waals surface area contributed by atoms with Gasteiger partial charge in [-0.05, 0) is 26.2 Å². The Morgan fingerprint density at radius 1 is 1.25 bits per heavy atom. The summed E-state index contributed by atoms with van der Waals surface area (Å²) in [7, 11) is 0. The second kappa shape index (κ2) is 8.17. The smallest absolute Gasteiger partial charge is 0.317 e. The lowest BCUT2D eigenvalue weighted by Gasteiger charge is -2.24. The van der Waals surface area contributed by atoms with Crippen LogP contribution in [0, 0.1) is 0 Å². The molecule has 0 spiro atoms. The fourth-order valence-corrected chi connectivity index (χ4v) is 3.37. The fraction of sp³-hybridized carbons (Fsp3) is 0.706. The van der Waals surface area contributed by atoms with Crippen molar-refractivity contribution in [3.63, 3.8) is 0 Å². The number of nitrogens with zero attached hydrogens (tertiary/aromatic N) is 4. The summed E-state index contributed by atoms with van der Waals surface area (Å²) in [6, 6.07) is 2.21. The Morgan fingerprint density at radius 3 is 2.88 bits per heavy atom.